The lowest BCUT2D eigenvalue weighted by atomic mass is 10.4. The molecular formula is C6H13ClO3S. The predicted octanol–water partition coefficient (Wildman–Crippen LogP) is 1.37. The average molecular weight is 201 g/mol. The second kappa shape index (κ2) is 5.80. The van der Waals surface area contributed by atoms with Gasteiger partial charge in [0.2, 0.25) is 0 Å². The van der Waals surface area contributed by atoms with Gasteiger partial charge in [0.1, 0.15) is 0 Å². The van der Waals surface area contributed by atoms with Gasteiger partial charge in [-0.1, -0.05) is 13.3 Å². The first-order chi connectivity index (χ1) is 5.12. The SMILES string of the molecule is CCCCS(=O)(=O)OCCCl. The molecule has 0 atom stereocenters. The molecule has 0 fully saturated rings. The van der Waals surface area contributed by atoms with Crippen molar-refractivity contribution in [2.45, 2.75) is 19.8 Å². The number of hydrogen-bond acceptors (Lipinski definition) is 3. The van der Waals surface area contributed by atoms with Crippen molar-refractivity contribution in [3.05, 3.63) is 0 Å². The van der Waals surface area contributed by atoms with Crippen molar-refractivity contribution in [3.8, 4) is 0 Å². The Balaban J connectivity index is 3.63. The third-order valence-electron chi connectivity index (χ3n) is 1.09. The molecule has 0 heterocycles. The van der Waals surface area contributed by atoms with Crippen LogP contribution >= 0.6 is 11.6 Å². The Kier molecular flexibility index (Phi) is 5.91. The van der Waals surface area contributed by atoms with Gasteiger partial charge in [-0.15, -0.1) is 11.6 Å². The molecule has 0 rings (SSSR count). The zero-order chi connectivity index (χ0) is 8.74. The smallest absolute Gasteiger partial charge is 0.267 e. The molecule has 0 radical (unpaired) electrons. The summed E-state index contributed by atoms with van der Waals surface area (Å²) in [5.41, 5.74) is 0. The van der Waals surface area contributed by atoms with Gasteiger partial charge in [0.15, 0.2) is 0 Å². The summed E-state index contributed by atoms with van der Waals surface area (Å²) >= 11 is 5.25. The van der Waals surface area contributed by atoms with Crippen molar-refractivity contribution >= 4 is 21.7 Å². The van der Waals surface area contributed by atoms with E-state index in [9.17, 15) is 8.42 Å². The van der Waals surface area contributed by atoms with Crippen LogP contribution in [0.2, 0.25) is 0 Å². The van der Waals surface area contributed by atoms with E-state index in [0.717, 1.165) is 6.42 Å². The largest absolute Gasteiger partial charge is 0.269 e. The number of hydrogen-bond donors (Lipinski definition) is 0. The molecule has 0 N–H and O–H groups in total. The van der Waals surface area contributed by atoms with E-state index < -0.39 is 10.1 Å². The van der Waals surface area contributed by atoms with Crippen molar-refractivity contribution in [1.82, 2.24) is 0 Å². The summed E-state index contributed by atoms with van der Waals surface area (Å²) in [6.45, 7) is 2.00. The Labute approximate surface area is 72.8 Å². The number of rotatable bonds is 6. The normalized spacial score (nSPS) is 11.8. The van der Waals surface area contributed by atoms with E-state index in [1.807, 2.05) is 6.92 Å². The van der Waals surface area contributed by atoms with E-state index in [1.54, 1.807) is 0 Å². The van der Waals surface area contributed by atoms with Crippen molar-refractivity contribution in [2.24, 2.45) is 0 Å². The molecule has 0 aliphatic rings. The first-order valence-electron chi connectivity index (χ1n) is 3.55. The van der Waals surface area contributed by atoms with Gasteiger partial charge in [0, 0.05) is 5.88 Å². The molecule has 5 heteroatoms. The first kappa shape index (κ1) is 11.2. The predicted molar refractivity (Wildman–Crippen MR) is 45.4 cm³/mol. The second-order valence-electron chi connectivity index (χ2n) is 2.13. The standard InChI is InChI=1S/C6H13ClO3S/c1-2-3-6-11(8,9)10-5-4-7/h2-6H2,1H3. The molecule has 0 aliphatic heterocycles. The number of unbranched alkanes of at least 4 members (excludes halogenated alkanes) is 1. The van der Waals surface area contributed by atoms with Crippen LogP contribution in [0.15, 0.2) is 0 Å². The molecule has 0 amide bonds. The van der Waals surface area contributed by atoms with Crippen LogP contribution in [0.3, 0.4) is 0 Å². The van der Waals surface area contributed by atoms with Crippen molar-refractivity contribution in [3.63, 3.8) is 0 Å². The van der Waals surface area contributed by atoms with Gasteiger partial charge >= 0.3 is 0 Å². The molecule has 68 valence electrons. The molecule has 0 aromatic rings. The van der Waals surface area contributed by atoms with Gasteiger partial charge in [-0.25, -0.2) is 0 Å². The number of halogens is 1. The van der Waals surface area contributed by atoms with Gasteiger partial charge in [0.05, 0.1) is 12.4 Å². The molecule has 0 unspecified atom stereocenters. The molecule has 0 aromatic carbocycles. The van der Waals surface area contributed by atoms with E-state index in [2.05, 4.69) is 4.18 Å². The summed E-state index contributed by atoms with van der Waals surface area (Å²) in [7, 11) is -3.29. The summed E-state index contributed by atoms with van der Waals surface area (Å²) in [6, 6.07) is 0. The quantitative estimate of drug-likeness (QED) is 0.481. The minimum Gasteiger partial charge on any atom is -0.269 e. The lowest BCUT2D eigenvalue weighted by molar-refractivity contribution is 0.339. The summed E-state index contributed by atoms with van der Waals surface area (Å²) in [6.07, 6.45) is 1.49. The summed E-state index contributed by atoms with van der Waals surface area (Å²) in [5.74, 6) is 0.311. The lowest BCUT2D eigenvalue weighted by Gasteiger charge is -2.01. The molecule has 3 nitrogen and oxygen atoms in total. The summed E-state index contributed by atoms with van der Waals surface area (Å²) in [5, 5.41) is 0. The monoisotopic (exact) mass is 200 g/mol. The average Bonchev–Trinajstić information content (AvgIpc) is 1.97. The first-order valence-corrected chi connectivity index (χ1v) is 5.66. The summed E-state index contributed by atoms with van der Waals surface area (Å²) in [4.78, 5) is 0. The van der Waals surface area contributed by atoms with E-state index in [4.69, 9.17) is 11.6 Å². The fraction of sp³-hybridized carbons (Fsp3) is 1.00. The molecule has 0 aliphatic carbocycles. The zero-order valence-corrected chi connectivity index (χ0v) is 8.12. The Morgan fingerprint density at radius 3 is 2.55 bits per heavy atom. The third-order valence-corrected chi connectivity index (χ3v) is 2.56. The maximum absolute atomic E-state index is 10.9. The van der Waals surface area contributed by atoms with Crippen LogP contribution in [0, 0.1) is 0 Å². The van der Waals surface area contributed by atoms with Crippen LogP contribution in [0.4, 0.5) is 0 Å². The maximum Gasteiger partial charge on any atom is 0.267 e. The molecule has 0 bridgehead atoms. The van der Waals surface area contributed by atoms with Crippen LogP contribution in [0.5, 0.6) is 0 Å². The van der Waals surface area contributed by atoms with Crippen LogP contribution in [-0.2, 0) is 14.3 Å². The van der Waals surface area contributed by atoms with Crippen molar-refractivity contribution in [1.29, 1.82) is 0 Å². The fourth-order valence-electron chi connectivity index (χ4n) is 0.539. The van der Waals surface area contributed by atoms with Crippen LogP contribution in [0.25, 0.3) is 0 Å². The molecule has 0 aromatic heterocycles. The van der Waals surface area contributed by atoms with E-state index in [-0.39, 0.29) is 18.2 Å². The molecular weight excluding hydrogens is 188 g/mol. The number of alkyl halides is 1. The van der Waals surface area contributed by atoms with Crippen LogP contribution in [-0.4, -0.2) is 26.7 Å². The van der Waals surface area contributed by atoms with Gasteiger partial charge in [-0.05, 0) is 6.42 Å². The highest BCUT2D eigenvalue weighted by Crippen LogP contribution is 1.98. The van der Waals surface area contributed by atoms with Gasteiger partial charge in [-0.3, -0.25) is 4.18 Å². The molecule has 0 saturated carbocycles. The molecule has 0 saturated heterocycles. The van der Waals surface area contributed by atoms with Crippen LogP contribution < -0.4 is 0 Å². The van der Waals surface area contributed by atoms with E-state index >= 15 is 0 Å². The van der Waals surface area contributed by atoms with Gasteiger partial charge in [0.25, 0.3) is 10.1 Å². The maximum atomic E-state index is 10.9. The Morgan fingerprint density at radius 2 is 2.09 bits per heavy atom. The fourth-order valence-corrected chi connectivity index (χ4v) is 1.80. The molecule has 0 spiro atoms. The highest BCUT2D eigenvalue weighted by atomic mass is 35.5. The van der Waals surface area contributed by atoms with Crippen molar-refractivity contribution in [2.75, 3.05) is 18.2 Å². The molecule has 11 heavy (non-hydrogen) atoms. The Bertz CT molecular complexity index is 162. The lowest BCUT2D eigenvalue weighted by Crippen LogP contribution is -2.11. The highest BCUT2D eigenvalue weighted by molar-refractivity contribution is 7.86. The highest BCUT2D eigenvalue weighted by Gasteiger charge is 2.08. The third kappa shape index (κ3) is 6.59. The minimum absolute atomic E-state index is 0.0770. The topological polar surface area (TPSA) is 43.4 Å². The zero-order valence-electron chi connectivity index (χ0n) is 6.55. The van der Waals surface area contributed by atoms with Crippen LogP contribution in [0.1, 0.15) is 19.8 Å². The Morgan fingerprint density at radius 1 is 1.45 bits per heavy atom. The summed E-state index contributed by atoms with van der Waals surface area (Å²) < 4.78 is 26.3. The van der Waals surface area contributed by atoms with Crippen molar-refractivity contribution < 1.29 is 12.6 Å². The Hall–Kier alpha value is 0.200. The minimum atomic E-state index is -3.29. The second-order valence-corrected chi connectivity index (χ2v) is 4.26. The van der Waals surface area contributed by atoms with Gasteiger partial charge < -0.3 is 0 Å². The van der Waals surface area contributed by atoms with E-state index in [1.165, 1.54) is 0 Å². The van der Waals surface area contributed by atoms with E-state index in [0.29, 0.717) is 6.42 Å². The van der Waals surface area contributed by atoms with Gasteiger partial charge in [-0.2, -0.15) is 8.42 Å².